The van der Waals surface area contributed by atoms with Crippen LogP contribution in [0.5, 0.6) is 0 Å². The van der Waals surface area contributed by atoms with E-state index in [0.717, 1.165) is 42.9 Å². The van der Waals surface area contributed by atoms with Gasteiger partial charge in [-0.05, 0) is 31.3 Å². The molecule has 27 heavy (non-hydrogen) atoms. The van der Waals surface area contributed by atoms with Gasteiger partial charge in [0.25, 0.3) is 0 Å². The summed E-state index contributed by atoms with van der Waals surface area (Å²) in [4.78, 5) is 25.8. The lowest BCUT2D eigenvalue weighted by Gasteiger charge is -2.34. The maximum absolute atomic E-state index is 12.6. The number of imidazole rings is 1. The van der Waals surface area contributed by atoms with Crippen molar-refractivity contribution in [2.24, 2.45) is 0 Å². The fourth-order valence-corrected chi connectivity index (χ4v) is 3.51. The molecule has 1 aliphatic heterocycles. The number of nitrogens with zero attached hydrogens (tertiary/aromatic N) is 5. The summed E-state index contributed by atoms with van der Waals surface area (Å²) in [5.41, 5.74) is 3.09. The van der Waals surface area contributed by atoms with Crippen LogP contribution in [0.2, 0.25) is 0 Å². The molecule has 0 spiro atoms. The van der Waals surface area contributed by atoms with E-state index in [2.05, 4.69) is 32.9 Å². The molecule has 0 radical (unpaired) electrons. The van der Waals surface area contributed by atoms with Crippen molar-refractivity contribution in [3.05, 3.63) is 59.5 Å². The number of fused-ring (bicyclic) bond motifs is 2. The van der Waals surface area contributed by atoms with E-state index in [9.17, 15) is 4.79 Å². The van der Waals surface area contributed by atoms with Crippen LogP contribution in [-0.2, 0) is 0 Å². The Morgan fingerprint density at radius 3 is 2.74 bits per heavy atom. The van der Waals surface area contributed by atoms with Crippen molar-refractivity contribution in [3.8, 4) is 11.3 Å². The molecule has 0 aliphatic carbocycles. The molecule has 5 rings (SSSR count). The van der Waals surface area contributed by atoms with Gasteiger partial charge in [0.2, 0.25) is 0 Å². The normalized spacial score (nSPS) is 15.7. The highest BCUT2D eigenvalue weighted by Gasteiger charge is 2.16. The summed E-state index contributed by atoms with van der Waals surface area (Å²) >= 11 is 0. The van der Waals surface area contributed by atoms with Crippen molar-refractivity contribution in [2.75, 3.05) is 38.1 Å². The van der Waals surface area contributed by atoms with Gasteiger partial charge in [-0.2, -0.15) is 0 Å². The number of hydrogen-bond donors (Lipinski definition) is 0. The topological polar surface area (TPSA) is 66.9 Å². The summed E-state index contributed by atoms with van der Waals surface area (Å²) in [6, 6.07) is 9.70. The van der Waals surface area contributed by atoms with E-state index in [1.165, 1.54) is 0 Å². The summed E-state index contributed by atoms with van der Waals surface area (Å²) in [6.07, 6.45) is 5.13. The molecule has 1 aromatic carbocycles. The molecular weight excluding hydrogens is 342 g/mol. The Hall–Kier alpha value is -3.19. The number of piperazine rings is 1. The van der Waals surface area contributed by atoms with Gasteiger partial charge in [0.05, 0.1) is 11.3 Å². The molecule has 1 saturated heterocycles. The van der Waals surface area contributed by atoms with Gasteiger partial charge in [-0.3, -0.25) is 4.40 Å². The van der Waals surface area contributed by atoms with Crippen molar-refractivity contribution in [1.29, 1.82) is 0 Å². The molecular formula is C20H19N5O2. The second-order valence-corrected chi connectivity index (χ2v) is 6.93. The number of rotatable bonds is 2. The summed E-state index contributed by atoms with van der Waals surface area (Å²) in [5.74, 6) is 0. The predicted molar refractivity (Wildman–Crippen MR) is 104 cm³/mol. The molecule has 0 saturated carbocycles. The molecule has 4 aromatic rings. The molecule has 0 unspecified atom stereocenters. The predicted octanol–water partition coefficient (Wildman–Crippen LogP) is 2.25. The van der Waals surface area contributed by atoms with Gasteiger partial charge in [-0.1, -0.05) is 0 Å². The standard InChI is InChI=1S/C20H19N5O2/c1-23-6-8-24(9-7-23)15-3-2-14-10-16(20(26)27-18(14)11-15)17-12-25-13-21-5-4-19(25)22-17/h2-5,10-13H,6-9H2,1H3. The van der Waals surface area contributed by atoms with Crippen molar-refractivity contribution in [3.63, 3.8) is 0 Å². The number of likely N-dealkylation sites (N-methyl/N-ethyl adjacent to an activating group) is 1. The second kappa shape index (κ2) is 6.21. The highest BCUT2D eigenvalue weighted by atomic mass is 16.4. The number of aromatic nitrogens is 3. The maximum atomic E-state index is 12.6. The van der Waals surface area contributed by atoms with Gasteiger partial charge in [-0.25, -0.2) is 14.8 Å². The Morgan fingerprint density at radius 2 is 1.93 bits per heavy atom. The molecule has 136 valence electrons. The van der Waals surface area contributed by atoms with Gasteiger partial charge in [0.1, 0.15) is 17.6 Å². The molecule has 1 fully saturated rings. The van der Waals surface area contributed by atoms with Crippen LogP contribution in [0.3, 0.4) is 0 Å². The number of benzene rings is 1. The smallest absolute Gasteiger partial charge is 0.345 e. The average molecular weight is 361 g/mol. The summed E-state index contributed by atoms with van der Waals surface area (Å²) in [7, 11) is 2.13. The van der Waals surface area contributed by atoms with Crippen molar-refractivity contribution in [1.82, 2.24) is 19.3 Å². The molecule has 0 bridgehead atoms. The van der Waals surface area contributed by atoms with E-state index in [-0.39, 0.29) is 5.63 Å². The first kappa shape index (κ1) is 16.0. The monoisotopic (exact) mass is 361 g/mol. The number of hydrogen-bond acceptors (Lipinski definition) is 6. The Balaban J connectivity index is 1.55. The largest absolute Gasteiger partial charge is 0.422 e. The Labute approximate surface area is 155 Å². The molecule has 0 atom stereocenters. The van der Waals surface area contributed by atoms with Gasteiger partial charge >= 0.3 is 5.63 Å². The van der Waals surface area contributed by atoms with E-state index in [0.29, 0.717) is 16.8 Å². The second-order valence-electron chi connectivity index (χ2n) is 6.93. The fraction of sp³-hybridized carbons (Fsp3) is 0.250. The minimum atomic E-state index is -0.380. The van der Waals surface area contributed by atoms with Gasteiger partial charge in [0.15, 0.2) is 0 Å². The molecule has 0 N–H and O–H groups in total. The van der Waals surface area contributed by atoms with Crippen LogP contribution in [0, 0.1) is 0 Å². The minimum Gasteiger partial charge on any atom is -0.422 e. The van der Waals surface area contributed by atoms with E-state index >= 15 is 0 Å². The third-order valence-electron chi connectivity index (χ3n) is 5.13. The van der Waals surface area contributed by atoms with Crippen LogP contribution < -0.4 is 10.5 Å². The number of anilines is 1. The minimum absolute atomic E-state index is 0.380. The zero-order valence-corrected chi connectivity index (χ0v) is 15.0. The lowest BCUT2D eigenvalue weighted by molar-refractivity contribution is 0.313. The van der Waals surface area contributed by atoms with Crippen LogP contribution in [0.1, 0.15) is 0 Å². The summed E-state index contributed by atoms with van der Waals surface area (Å²) < 4.78 is 7.43. The van der Waals surface area contributed by atoms with Crippen molar-refractivity contribution < 1.29 is 4.42 Å². The van der Waals surface area contributed by atoms with Crippen LogP contribution in [0.15, 0.2) is 58.3 Å². The van der Waals surface area contributed by atoms with Gasteiger partial charge in [0, 0.05) is 55.7 Å². The van der Waals surface area contributed by atoms with Crippen molar-refractivity contribution in [2.45, 2.75) is 0 Å². The first-order chi connectivity index (χ1) is 13.2. The summed E-state index contributed by atoms with van der Waals surface area (Å²) in [5, 5.41) is 0.887. The van der Waals surface area contributed by atoms with Crippen LogP contribution in [0.4, 0.5) is 5.69 Å². The first-order valence-electron chi connectivity index (χ1n) is 8.98. The zero-order chi connectivity index (χ0) is 18.4. The molecule has 1 aliphatic rings. The molecule has 4 heterocycles. The van der Waals surface area contributed by atoms with Crippen LogP contribution >= 0.6 is 0 Å². The van der Waals surface area contributed by atoms with E-state index in [1.54, 1.807) is 29.2 Å². The Kier molecular flexibility index (Phi) is 3.68. The maximum Gasteiger partial charge on any atom is 0.345 e. The SMILES string of the molecule is CN1CCN(c2ccc3cc(-c4cn5cnccc5n4)c(=O)oc3c2)CC1. The lowest BCUT2D eigenvalue weighted by atomic mass is 10.1. The Morgan fingerprint density at radius 1 is 1.07 bits per heavy atom. The van der Waals surface area contributed by atoms with Crippen molar-refractivity contribution >= 4 is 22.3 Å². The molecule has 7 heteroatoms. The average Bonchev–Trinajstić information content (AvgIpc) is 3.11. The van der Waals surface area contributed by atoms with E-state index in [1.807, 2.05) is 18.2 Å². The van der Waals surface area contributed by atoms with Gasteiger partial charge < -0.3 is 14.2 Å². The Bertz CT molecular complexity index is 1150. The highest BCUT2D eigenvalue weighted by molar-refractivity contribution is 5.84. The summed E-state index contributed by atoms with van der Waals surface area (Å²) in [6.45, 7) is 4.01. The van der Waals surface area contributed by atoms with Crippen LogP contribution in [-0.4, -0.2) is 52.5 Å². The van der Waals surface area contributed by atoms with E-state index < -0.39 is 0 Å². The van der Waals surface area contributed by atoms with Gasteiger partial charge in [-0.15, -0.1) is 0 Å². The van der Waals surface area contributed by atoms with E-state index in [4.69, 9.17) is 4.42 Å². The molecule has 3 aromatic heterocycles. The zero-order valence-electron chi connectivity index (χ0n) is 15.0. The third-order valence-corrected chi connectivity index (χ3v) is 5.13. The quantitative estimate of drug-likeness (QED) is 0.510. The fourth-order valence-electron chi connectivity index (χ4n) is 3.51. The van der Waals surface area contributed by atoms with Crippen LogP contribution in [0.25, 0.3) is 27.9 Å². The first-order valence-corrected chi connectivity index (χ1v) is 8.98. The molecule has 7 nitrogen and oxygen atoms in total. The lowest BCUT2D eigenvalue weighted by Crippen LogP contribution is -2.44. The highest BCUT2D eigenvalue weighted by Crippen LogP contribution is 2.25. The third kappa shape index (κ3) is 2.86. The molecule has 0 amide bonds.